The van der Waals surface area contributed by atoms with E-state index in [4.69, 9.17) is 23.2 Å². The molecular formula is C21H21Cl2FN2OS. The number of nitrogens with one attached hydrogen (secondary N) is 1. The Balaban J connectivity index is 1.86. The molecule has 1 heterocycles. The van der Waals surface area contributed by atoms with Crippen molar-refractivity contribution in [2.75, 3.05) is 5.32 Å². The van der Waals surface area contributed by atoms with Crippen molar-refractivity contribution in [1.82, 2.24) is 4.98 Å². The summed E-state index contributed by atoms with van der Waals surface area (Å²) in [5.41, 5.74) is 1.48. The molecule has 0 fully saturated rings. The zero-order chi connectivity index (χ0) is 20.3. The second-order valence-corrected chi connectivity index (χ2v) is 8.82. The lowest BCUT2D eigenvalue weighted by molar-refractivity contribution is -0.118. The van der Waals surface area contributed by atoms with Crippen LogP contribution in [0.2, 0.25) is 10.0 Å². The molecule has 2 unspecified atom stereocenters. The summed E-state index contributed by atoms with van der Waals surface area (Å²) in [7, 11) is 0. The standard InChI is InChI=1S/C21H21Cl2FN2OS/c1-3-4-12(2)9-15(13-5-7-16(22)17(23)10-13)20(27)26-21-25-18-8-6-14(24)11-19(18)28-21/h5-8,10-12,15H,3-4,9H2,1-2H3,(H,25,26,27). The number of benzene rings is 2. The Morgan fingerprint density at radius 3 is 2.71 bits per heavy atom. The van der Waals surface area contributed by atoms with Gasteiger partial charge in [-0.1, -0.05) is 67.3 Å². The van der Waals surface area contributed by atoms with Crippen molar-refractivity contribution in [3.05, 3.63) is 57.8 Å². The third-order valence-electron chi connectivity index (χ3n) is 4.66. The average molecular weight is 439 g/mol. The second kappa shape index (κ2) is 9.21. The third-order valence-corrected chi connectivity index (χ3v) is 6.34. The SMILES string of the molecule is CCCC(C)CC(C(=O)Nc1nc2ccc(F)cc2s1)c1ccc(Cl)c(Cl)c1. The van der Waals surface area contributed by atoms with E-state index in [1.807, 2.05) is 6.07 Å². The molecule has 28 heavy (non-hydrogen) atoms. The fourth-order valence-electron chi connectivity index (χ4n) is 3.28. The van der Waals surface area contributed by atoms with Crippen molar-refractivity contribution >= 4 is 55.8 Å². The first kappa shape index (κ1) is 21.0. The van der Waals surface area contributed by atoms with Crippen LogP contribution in [0.1, 0.15) is 44.6 Å². The average Bonchev–Trinajstić information content (AvgIpc) is 3.03. The lowest BCUT2D eigenvalue weighted by Gasteiger charge is -2.20. The summed E-state index contributed by atoms with van der Waals surface area (Å²) in [5.74, 6) is -0.475. The van der Waals surface area contributed by atoms with Crippen molar-refractivity contribution in [3.63, 3.8) is 0 Å². The minimum absolute atomic E-state index is 0.152. The van der Waals surface area contributed by atoms with E-state index in [0.717, 1.165) is 18.4 Å². The molecule has 148 valence electrons. The lowest BCUT2D eigenvalue weighted by Crippen LogP contribution is -2.23. The number of halogens is 3. The predicted octanol–water partition coefficient (Wildman–Crippen LogP) is 7.29. The van der Waals surface area contributed by atoms with Gasteiger partial charge in [-0.15, -0.1) is 0 Å². The van der Waals surface area contributed by atoms with Crippen LogP contribution in [0.3, 0.4) is 0 Å². The fourth-order valence-corrected chi connectivity index (χ4v) is 4.48. The highest BCUT2D eigenvalue weighted by Crippen LogP contribution is 2.33. The number of anilines is 1. The highest BCUT2D eigenvalue weighted by Gasteiger charge is 2.24. The first-order chi connectivity index (χ1) is 13.4. The number of fused-ring (bicyclic) bond motifs is 1. The Bertz CT molecular complexity index is 992. The number of hydrogen-bond acceptors (Lipinski definition) is 3. The number of carbonyl (C=O) groups excluding carboxylic acids is 1. The van der Waals surface area contributed by atoms with E-state index in [1.54, 1.807) is 18.2 Å². The van der Waals surface area contributed by atoms with Gasteiger partial charge in [-0.3, -0.25) is 4.79 Å². The maximum Gasteiger partial charge on any atom is 0.233 e. The van der Waals surface area contributed by atoms with Crippen molar-refractivity contribution < 1.29 is 9.18 Å². The summed E-state index contributed by atoms with van der Waals surface area (Å²) in [6.45, 7) is 4.27. The zero-order valence-corrected chi connectivity index (χ0v) is 18.0. The first-order valence-corrected chi connectivity index (χ1v) is 10.8. The minimum atomic E-state index is -0.375. The van der Waals surface area contributed by atoms with Gasteiger partial charge in [0.2, 0.25) is 5.91 Å². The largest absolute Gasteiger partial charge is 0.301 e. The molecule has 0 radical (unpaired) electrons. The third kappa shape index (κ3) is 5.02. The van der Waals surface area contributed by atoms with E-state index >= 15 is 0 Å². The summed E-state index contributed by atoms with van der Waals surface area (Å²) in [5, 5.41) is 4.24. The Hall–Kier alpha value is -1.69. The van der Waals surface area contributed by atoms with Gasteiger partial charge in [0.05, 0.1) is 26.2 Å². The van der Waals surface area contributed by atoms with Crippen LogP contribution in [0.15, 0.2) is 36.4 Å². The van der Waals surface area contributed by atoms with Gasteiger partial charge in [0.15, 0.2) is 5.13 Å². The number of nitrogens with zero attached hydrogens (tertiary/aromatic N) is 1. The molecule has 1 amide bonds. The molecule has 3 rings (SSSR count). The van der Waals surface area contributed by atoms with Gasteiger partial charge in [-0.25, -0.2) is 9.37 Å². The van der Waals surface area contributed by atoms with E-state index in [0.29, 0.717) is 37.7 Å². The highest BCUT2D eigenvalue weighted by molar-refractivity contribution is 7.22. The number of carbonyl (C=O) groups is 1. The molecular weight excluding hydrogens is 418 g/mol. The summed E-state index contributed by atoms with van der Waals surface area (Å²) < 4.78 is 14.1. The van der Waals surface area contributed by atoms with E-state index < -0.39 is 0 Å². The van der Waals surface area contributed by atoms with E-state index in [-0.39, 0.29) is 17.6 Å². The van der Waals surface area contributed by atoms with Crippen LogP contribution in [-0.4, -0.2) is 10.9 Å². The van der Waals surface area contributed by atoms with Crippen molar-refractivity contribution in [3.8, 4) is 0 Å². The maximum atomic E-state index is 13.4. The van der Waals surface area contributed by atoms with E-state index in [2.05, 4.69) is 24.1 Å². The van der Waals surface area contributed by atoms with Crippen LogP contribution >= 0.6 is 34.5 Å². The van der Waals surface area contributed by atoms with Crippen LogP contribution in [0.25, 0.3) is 10.2 Å². The van der Waals surface area contributed by atoms with Gasteiger partial charge in [0, 0.05) is 0 Å². The molecule has 2 aromatic carbocycles. The van der Waals surface area contributed by atoms with Crippen LogP contribution in [0.4, 0.5) is 9.52 Å². The molecule has 0 bridgehead atoms. The molecule has 1 N–H and O–H groups in total. The molecule has 0 aliphatic heterocycles. The van der Waals surface area contributed by atoms with Crippen molar-refractivity contribution in [1.29, 1.82) is 0 Å². The maximum absolute atomic E-state index is 13.4. The van der Waals surface area contributed by atoms with Crippen molar-refractivity contribution in [2.45, 2.75) is 39.0 Å². The van der Waals surface area contributed by atoms with Gasteiger partial charge < -0.3 is 5.32 Å². The van der Waals surface area contributed by atoms with Crippen LogP contribution in [0, 0.1) is 11.7 Å². The number of amides is 1. The molecule has 0 saturated carbocycles. The number of rotatable bonds is 7. The fraction of sp³-hybridized carbons (Fsp3) is 0.333. The van der Waals surface area contributed by atoms with Crippen LogP contribution in [-0.2, 0) is 4.79 Å². The Kier molecular flexibility index (Phi) is 6.91. The van der Waals surface area contributed by atoms with Crippen LogP contribution < -0.4 is 5.32 Å². The highest BCUT2D eigenvalue weighted by atomic mass is 35.5. The molecule has 3 nitrogen and oxygen atoms in total. The summed E-state index contributed by atoms with van der Waals surface area (Å²) in [4.78, 5) is 17.5. The summed E-state index contributed by atoms with van der Waals surface area (Å²) in [6.07, 6.45) is 2.78. The molecule has 3 aromatic rings. The predicted molar refractivity (Wildman–Crippen MR) is 116 cm³/mol. The van der Waals surface area contributed by atoms with Gasteiger partial charge in [0.25, 0.3) is 0 Å². The number of hydrogen-bond donors (Lipinski definition) is 1. The molecule has 0 aliphatic carbocycles. The minimum Gasteiger partial charge on any atom is -0.301 e. The van der Waals surface area contributed by atoms with Gasteiger partial charge in [-0.05, 0) is 48.2 Å². The molecule has 1 aromatic heterocycles. The first-order valence-electron chi connectivity index (χ1n) is 9.19. The smallest absolute Gasteiger partial charge is 0.233 e. The second-order valence-electron chi connectivity index (χ2n) is 6.98. The van der Waals surface area contributed by atoms with E-state index in [9.17, 15) is 9.18 Å². The number of thiazole rings is 1. The van der Waals surface area contributed by atoms with Crippen molar-refractivity contribution in [2.24, 2.45) is 5.92 Å². The monoisotopic (exact) mass is 438 g/mol. The molecule has 0 saturated heterocycles. The summed E-state index contributed by atoms with van der Waals surface area (Å²) in [6, 6.07) is 9.69. The molecule has 0 aliphatic rings. The quantitative estimate of drug-likeness (QED) is 0.420. The van der Waals surface area contributed by atoms with Crippen LogP contribution in [0.5, 0.6) is 0 Å². The zero-order valence-electron chi connectivity index (χ0n) is 15.6. The van der Waals surface area contributed by atoms with Gasteiger partial charge in [0.1, 0.15) is 5.82 Å². The molecule has 0 spiro atoms. The Morgan fingerprint density at radius 1 is 1.21 bits per heavy atom. The molecule has 7 heteroatoms. The summed E-state index contributed by atoms with van der Waals surface area (Å²) >= 11 is 13.5. The Morgan fingerprint density at radius 2 is 2.00 bits per heavy atom. The number of aromatic nitrogens is 1. The van der Waals surface area contributed by atoms with E-state index in [1.165, 1.54) is 23.5 Å². The lowest BCUT2D eigenvalue weighted by atomic mass is 9.87. The topological polar surface area (TPSA) is 42.0 Å². The Labute approximate surface area is 177 Å². The van der Waals surface area contributed by atoms with Gasteiger partial charge in [-0.2, -0.15) is 0 Å². The molecule has 2 atom stereocenters. The normalized spacial score (nSPS) is 13.5. The van der Waals surface area contributed by atoms with Gasteiger partial charge >= 0.3 is 0 Å².